The van der Waals surface area contributed by atoms with Gasteiger partial charge >= 0.3 is 0 Å². The summed E-state index contributed by atoms with van der Waals surface area (Å²) in [6.07, 6.45) is 0. The first kappa shape index (κ1) is 12.9. The van der Waals surface area contributed by atoms with E-state index < -0.39 is 11.7 Å². The van der Waals surface area contributed by atoms with E-state index in [2.05, 4.69) is 5.32 Å². The largest absolute Gasteiger partial charge is 0.497 e. The van der Waals surface area contributed by atoms with E-state index in [1.807, 2.05) is 0 Å². The van der Waals surface area contributed by atoms with Gasteiger partial charge in [0, 0.05) is 5.69 Å². The number of methoxy groups -OCH3 is 1. The molecule has 0 aliphatic rings. The van der Waals surface area contributed by atoms with Gasteiger partial charge in [-0.3, -0.25) is 4.79 Å². The Labute approximate surface area is 110 Å². The Hall–Kier alpha value is -2.56. The molecule has 3 N–H and O–H groups in total. The van der Waals surface area contributed by atoms with Crippen molar-refractivity contribution in [3.8, 4) is 5.75 Å². The molecule has 0 atom stereocenters. The summed E-state index contributed by atoms with van der Waals surface area (Å²) in [6, 6.07) is 10.6. The number of nitrogen functional groups attached to an aromatic ring is 1. The number of anilines is 2. The number of halogens is 1. The maximum atomic E-state index is 13.4. The Bertz CT molecular complexity index is 614. The Morgan fingerprint density at radius 2 is 2.00 bits per heavy atom. The normalized spacial score (nSPS) is 10.0. The number of rotatable bonds is 3. The van der Waals surface area contributed by atoms with Crippen LogP contribution in [0.1, 0.15) is 10.4 Å². The van der Waals surface area contributed by atoms with Gasteiger partial charge in [0.1, 0.15) is 11.6 Å². The molecule has 0 heterocycles. The average Bonchev–Trinajstić information content (AvgIpc) is 2.42. The highest BCUT2D eigenvalue weighted by Gasteiger charge is 2.13. The van der Waals surface area contributed by atoms with Crippen LogP contribution < -0.4 is 15.8 Å². The lowest BCUT2D eigenvalue weighted by atomic mass is 10.1. The monoisotopic (exact) mass is 260 g/mol. The number of para-hydroxylation sites is 1. The molecule has 0 unspecified atom stereocenters. The third-order valence-electron chi connectivity index (χ3n) is 2.63. The molecule has 19 heavy (non-hydrogen) atoms. The smallest absolute Gasteiger partial charge is 0.257 e. The number of hydrogen-bond acceptors (Lipinski definition) is 3. The number of nitrogens with one attached hydrogen (secondary N) is 1. The molecule has 2 aromatic rings. The molecular formula is C14H13FN2O2. The van der Waals surface area contributed by atoms with E-state index in [0.717, 1.165) is 0 Å². The lowest BCUT2D eigenvalue weighted by molar-refractivity contribution is 0.102. The first-order valence-electron chi connectivity index (χ1n) is 5.61. The standard InChI is InChI=1S/C14H13FN2O2/c1-19-9-6-7-12(16)10(8-9)14(18)17-13-5-3-2-4-11(13)15/h2-8H,16H2,1H3,(H,17,18). The van der Waals surface area contributed by atoms with Crippen molar-refractivity contribution >= 4 is 17.3 Å². The number of carbonyl (C=O) groups excluding carboxylic acids is 1. The van der Waals surface area contributed by atoms with Gasteiger partial charge in [-0.1, -0.05) is 12.1 Å². The maximum Gasteiger partial charge on any atom is 0.257 e. The molecule has 0 fully saturated rings. The summed E-state index contributed by atoms with van der Waals surface area (Å²) in [5, 5.41) is 2.47. The highest BCUT2D eigenvalue weighted by atomic mass is 19.1. The molecule has 98 valence electrons. The molecule has 0 saturated carbocycles. The van der Waals surface area contributed by atoms with Crippen LogP contribution >= 0.6 is 0 Å². The number of ether oxygens (including phenoxy) is 1. The predicted octanol–water partition coefficient (Wildman–Crippen LogP) is 2.67. The first-order chi connectivity index (χ1) is 9.11. The van der Waals surface area contributed by atoms with Crippen LogP contribution in [0, 0.1) is 5.82 Å². The zero-order chi connectivity index (χ0) is 13.8. The lowest BCUT2D eigenvalue weighted by Crippen LogP contribution is -2.15. The van der Waals surface area contributed by atoms with Crippen molar-refractivity contribution in [3.05, 3.63) is 53.8 Å². The molecule has 0 radical (unpaired) electrons. The molecule has 0 saturated heterocycles. The van der Waals surface area contributed by atoms with Crippen molar-refractivity contribution in [2.24, 2.45) is 0 Å². The second-order valence-corrected chi connectivity index (χ2v) is 3.89. The number of hydrogen-bond donors (Lipinski definition) is 2. The van der Waals surface area contributed by atoms with E-state index in [1.54, 1.807) is 24.3 Å². The first-order valence-corrected chi connectivity index (χ1v) is 5.61. The fourth-order valence-corrected chi connectivity index (χ4v) is 1.61. The van der Waals surface area contributed by atoms with Gasteiger partial charge in [0.05, 0.1) is 18.4 Å². The number of nitrogens with two attached hydrogens (primary N) is 1. The molecule has 0 spiro atoms. The van der Waals surface area contributed by atoms with Crippen LogP contribution in [0.25, 0.3) is 0 Å². The number of carbonyl (C=O) groups is 1. The van der Waals surface area contributed by atoms with Gasteiger partial charge in [-0.25, -0.2) is 4.39 Å². The fourth-order valence-electron chi connectivity index (χ4n) is 1.61. The molecule has 0 bridgehead atoms. The van der Waals surface area contributed by atoms with Crippen molar-refractivity contribution in [2.45, 2.75) is 0 Å². The minimum Gasteiger partial charge on any atom is -0.497 e. The molecule has 1 amide bonds. The summed E-state index contributed by atoms with van der Waals surface area (Å²) in [7, 11) is 1.49. The summed E-state index contributed by atoms with van der Waals surface area (Å²) < 4.78 is 18.5. The SMILES string of the molecule is COc1ccc(N)c(C(=O)Nc2ccccc2F)c1. The van der Waals surface area contributed by atoms with Gasteiger partial charge in [-0.15, -0.1) is 0 Å². The highest BCUT2D eigenvalue weighted by Crippen LogP contribution is 2.21. The Balaban J connectivity index is 2.28. The van der Waals surface area contributed by atoms with Gasteiger partial charge in [-0.2, -0.15) is 0 Å². The van der Waals surface area contributed by atoms with Crippen LogP contribution in [0.5, 0.6) is 5.75 Å². The van der Waals surface area contributed by atoms with Crippen molar-refractivity contribution in [1.82, 2.24) is 0 Å². The molecule has 4 nitrogen and oxygen atoms in total. The third kappa shape index (κ3) is 2.82. The summed E-state index contributed by atoms with van der Waals surface area (Å²) in [5.41, 5.74) is 6.37. The van der Waals surface area contributed by atoms with Gasteiger partial charge in [0.2, 0.25) is 0 Å². The van der Waals surface area contributed by atoms with Crippen molar-refractivity contribution in [2.75, 3.05) is 18.2 Å². The second-order valence-electron chi connectivity index (χ2n) is 3.89. The van der Waals surface area contributed by atoms with E-state index in [9.17, 15) is 9.18 Å². The zero-order valence-electron chi connectivity index (χ0n) is 10.3. The minimum absolute atomic E-state index is 0.106. The second kappa shape index (κ2) is 5.39. The van der Waals surface area contributed by atoms with Crippen molar-refractivity contribution in [1.29, 1.82) is 0 Å². The zero-order valence-corrected chi connectivity index (χ0v) is 10.3. The average molecular weight is 260 g/mol. The molecule has 0 aliphatic heterocycles. The van der Waals surface area contributed by atoms with E-state index in [1.165, 1.54) is 25.3 Å². The lowest BCUT2D eigenvalue weighted by Gasteiger charge is -2.09. The minimum atomic E-state index is -0.502. The van der Waals surface area contributed by atoms with Crippen LogP contribution in [-0.2, 0) is 0 Å². The Morgan fingerprint density at radius 1 is 1.26 bits per heavy atom. The molecule has 2 rings (SSSR count). The van der Waals surface area contributed by atoms with Crippen LogP contribution in [0.2, 0.25) is 0 Å². The van der Waals surface area contributed by atoms with Crippen molar-refractivity contribution < 1.29 is 13.9 Å². The maximum absolute atomic E-state index is 13.4. The van der Waals surface area contributed by atoms with E-state index in [-0.39, 0.29) is 11.3 Å². The number of benzene rings is 2. The highest BCUT2D eigenvalue weighted by molar-refractivity contribution is 6.08. The summed E-state index contributed by atoms with van der Waals surface area (Å²) >= 11 is 0. The van der Waals surface area contributed by atoms with Crippen LogP contribution in [-0.4, -0.2) is 13.0 Å². The van der Waals surface area contributed by atoms with Crippen LogP contribution in [0.3, 0.4) is 0 Å². The number of amides is 1. The topological polar surface area (TPSA) is 64.3 Å². The van der Waals surface area contributed by atoms with Crippen LogP contribution in [0.15, 0.2) is 42.5 Å². The van der Waals surface area contributed by atoms with Gasteiger partial charge < -0.3 is 15.8 Å². The predicted molar refractivity (Wildman–Crippen MR) is 71.8 cm³/mol. The van der Waals surface area contributed by atoms with E-state index in [0.29, 0.717) is 11.4 Å². The summed E-state index contributed by atoms with van der Waals surface area (Å²) in [5.74, 6) is -0.480. The Kier molecular flexibility index (Phi) is 3.66. The summed E-state index contributed by atoms with van der Waals surface area (Å²) in [4.78, 5) is 12.0. The van der Waals surface area contributed by atoms with E-state index in [4.69, 9.17) is 10.5 Å². The quantitative estimate of drug-likeness (QED) is 0.834. The van der Waals surface area contributed by atoms with E-state index >= 15 is 0 Å². The molecule has 5 heteroatoms. The van der Waals surface area contributed by atoms with Crippen LogP contribution in [0.4, 0.5) is 15.8 Å². The molecular weight excluding hydrogens is 247 g/mol. The van der Waals surface area contributed by atoms with Gasteiger partial charge in [0.15, 0.2) is 0 Å². The molecule has 0 aliphatic carbocycles. The van der Waals surface area contributed by atoms with Gasteiger partial charge in [-0.05, 0) is 30.3 Å². The van der Waals surface area contributed by atoms with Crippen molar-refractivity contribution in [3.63, 3.8) is 0 Å². The fraction of sp³-hybridized carbons (Fsp3) is 0.0714. The van der Waals surface area contributed by atoms with Gasteiger partial charge in [0.25, 0.3) is 5.91 Å². The summed E-state index contributed by atoms with van der Waals surface area (Å²) in [6.45, 7) is 0. The third-order valence-corrected chi connectivity index (χ3v) is 2.63. The molecule has 0 aromatic heterocycles. The molecule has 2 aromatic carbocycles. The Morgan fingerprint density at radius 3 is 2.68 bits per heavy atom.